The first-order valence-electron chi connectivity index (χ1n) is 6.83. The monoisotopic (exact) mass is 305 g/mol. The third kappa shape index (κ3) is 1.78. The van der Waals surface area contributed by atoms with Gasteiger partial charge in [0.25, 0.3) is 0 Å². The molecule has 1 aromatic carbocycles. The third-order valence-electron chi connectivity index (χ3n) is 4.97. The van der Waals surface area contributed by atoms with E-state index in [1.165, 1.54) is 53.3 Å². The molecule has 0 atom stereocenters. The number of hydrogen-bond acceptors (Lipinski definition) is 1. The van der Waals surface area contributed by atoms with Crippen LogP contribution in [0.25, 0.3) is 5.57 Å². The number of allylic oxidation sites excluding steroid dienone is 1. The number of halogens is 1. The molecule has 3 rings (SSSR count). The van der Waals surface area contributed by atoms with Gasteiger partial charge >= 0.3 is 0 Å². The summed E-state index contributed by atoms with van der Waals surface area (Å²) in [5.41, 5.74) is 10.3. The first-order chi connectivity index (χ1) is 8.66. The summed E-state index contributed by atoms with van der Waals surface area (Å²) >= 11 is 3.68. The molecule has 2 heteroatoms. The Hall–Kier alpha value is -0.600. The van der Waals surface area contributed by atoms with Crippen molar-refractivity contribution in [2.75, 3.05) is 6.54 Å². The zero-order valence-electron chi connectivity index (χ0n) is 10.7. The number of fused-ring (bicyclic) bond motifs is 1. The van der Waals surface area contributed by atoms with Crippen molar-refractivity contribution in [3.8, 4) is 0 Å². The van der Waals surface area contributed by atoms with Crippen LogP contribution in [0.3, 0.4) is 0 Å². The highest BCUT2D eigenvalue weighted by molar-refractivity contribution is 9.10. The molecule has 1 aromatic rings. The Balaban J connectivity index is 1.91. The van der Waals surface area contributed by atoms with Gasteiger partial charge in [0, 0.05) is 4.47 Å². The summed E-state index contributed by atoms with van der Waals surface area (Å²) in [4.78, 5) is 0. The van der Waals surface area contributed by atoms with Crippen LogP contribution >= 0.6 is 15.9 Å². The molecule has 1 spiro atoms. The van der Waals surface area contributed by atoms with E-state index in [0.717, 1.165) is 12.5 Å². The van der Waals surface area contributed by atoms with E-state index in [1.54, 1.807) is 0 Å². The Morgan fingerprint density at radius 1 is 1.33 bits per heavy atom. The van der Waals surface area contributed by atoms with Crippen molar-refractivity contribution >= 4 is 21.5 Å². The molecule has 0 amide bonds. The molecule has 1 fully saturated rings. The van der Waals surface area contributed by atoms with E-state index in [4.69, 9.17) is 5.73 Å². The van der Waals surface area contributed by atoms with Gasteiger partial charge in [-0.3, -0.25) is 0 Å². The van der Waals surface area contributed by atoms with Gasteiger partial charge in [-0.15, -0.1) is 0 Å². The fourth-order valence-electron chi connectivity index (χ4n) is 3.73. The van der Waals surface area contributed by atoms with Gasteiger partial charge in [-0.25, -0.2) is 0 Å². The molecule has 96 valence electrons. The van der Waals surface area contributed by atoms with Crippen LogP contribution in [-0.4, -0.2) is 6.54 Å². The minimum absolute atomic E-state index is 0.331. The first-order valence-corrected chi connectivity index (χ1v) is 7.63. The lowest BCUT2D eigenvalue weighted by Crippen LogP contribution is -2.30. The normalized spacial score (nSPS) is 30.8. The molecule has 2 aliphatic carbocycles. The summed E-state index contributed by atoms with van der Waals surface area (Å²) in [6.45, 7) is 5.27. The molecule has 0 aromatic heterocycles. The van der Waals surface area contributed by atoms with Crippen molar-refractivity contribution < 1.29 is 0 Å². The summed E-state index contributed by atoms with van der Waals surface area (Å²) in [7, 11) is 0. The molecule has 18 heavy (non-hydrogen) atoms. The van der Waals surface area contributed by atoms with Gasteiger partial charge in [0.2, 0.25) is 0 Å². The Morgan fingerprint density at radius 2 is 2.06 bits per heavy atom. The molecule has 1 saturated carbocycles. The van der Waals surface area contributed by atoms with Gasteiger partial charge < -0.3 is 5.73 Å². The predicted octanol–water partition coefficient (Wildman–Crippen LogP) is 4.15. The number of nitrogens with two attached hydrogens (primary N) is 1. The topological polar surface area (TPSA) is 26.0 Å². The number of hydrogen-bond donors (Lipinski definition) is 1. The van der Waals surface area contributed by atoms with Crippen molar-refractivity contribution in [2.45, 2.75) is 32.1 Å². The van der Waals surface area contributed by atoms with Gasteiger partial charge in [0.15, 0.2) is 0 Å². The molecular weight excluding hydrogens is 286 g/mol. The van der Waals surface area contributed by atoms with Gasteiger partial charge in [0.05, 0.1) is 0 Å². The lowest BCUT2D eigenvalue weighted by molar-refractivity contribution is 0.222. The molecule has 2 N–H and O–H groups in total. The van der Waals surface area contributed by atoms with Crippen molar-refractivity contribution in [2.24, 2.45) is 17.1 Å². The standard InChI is InChI=1S/C16H20BrN/c1-11-15-13(3-2-4-14(15)17)9-16(11)7-5-12(10-18)6-8-16/h2-4,12H,1,5-10,18H2. The largest absolute Gasteiger partial charge is 0.330 e. The Bertz CT molecular complexity index is 484. The Kier molecular flexibility index (Phi) is 3.11. The quantitative estimate of drug-likeness (QED) is 0.828. The maximum absolute atomic E-state index is 5.80. The highest BCUT2D eigenvalue weighted by Gasteiger charge is 2.43. The van der Waals surface area contributed by atoms with Gasteiger partial charge in [-0.2, -0.15) is 0 Å². The van der Waals surface area contributed by atoms with E-state index in [0.29, 0.717) is 5.41 Å². The minimum atomic E-state index is 0.331. The predicted molar refractivity (Wildman–Crippen MR) is 80.3 cm³/mol. The van der Waals surface area contributed by atoms with E-state index < -0.39 is 0 Å². The van der Waals surface area contributed by atoms with Crippen molar-refractivity contribution in [1.82, 2.24) is 0 Å². The van der Waals surface area contributed by atoms with E-state index in [9.17, 15) is 0 Å². The summed E-state index contributed by atoms with van der Waals surface area (Å²) in [5.74, 6) is 0.732. The van der Waals surface area contributed by atoms with E-state index in [2.05, 4.69) is 40.7 Å². The maximum Gasteiger partial charge on any atom is 0.0253 e. The molecular formula is C16H20BrN. The lowest BCUT2D eigenvalue weighted by Gasteiger charge is -2.38. The fourth-order valence-corrected chi connectivity index (χ4v) is 4.38. The van der Waals surface area contributed by atoms with Crippen LogP contribution in [0.1, 0.15) is 36.8 Å². The van der Waals surface area contributed by atoms with Crippen molar-refractivity contribution in [3.63, 3.8) is 0 Å². The molecule has 1 nitrogen and oxygen atoms in total. The Labute approximate surface area is 118 Å². The fraction of sp³-hybridized carbons (Fsp3) is 0.500. The molecule has 0 saturated heterocycles. The Morgan fingerprint density at radius 3 is 2.67 bits per heavy atom. The van der Waals surface area contributed by atoms with Crippen LogP contribution in [0.2, 0.25) is 0 Å². The van der Waals surface area contributed by atoms with Gasteiger partial charge in [0.1, 0.15) is 0 Å². The number of benzene rings is 1. The summed E-state index contributed by atoms with van der Waals surface area (Å²) in [6, 6.07) is 6.53. The van der Waals surface area contributed by atoms with Gasteiger partial charge in [-0.1, -0.05) is 34.6 Å². The van der Waals surface area contributed by atoms with Crippen molar-refractivity contribution in [3.05, 3.63) is 40.4 Å². The van der Waals surface area contributed by atoms with E-state index >= 15 is 0 Å². The first kappa shape index (κ1) is 12.4. The highest BCUT2D eigenvalue weighted by atomic mass is 79.9. The van der Waals surface area contributed by atoms with Crippen molar-refractivity contribution in [1.29, 1.82) is 0 Å². The van der Waals surface area contributed by atoms with Crippen LogP contribution in [0, 0.1) is 11.3 Å². The summed E-state index contributed by atoms with van der Waals surface area (Å²) in [6.07, 6.45) is 6.23. The van der Waals surface area contributed by atoms with Crippen LogP contribution < -0.4 is 5.73 Å². The van der Waals surface area contributed by atoms with E-state index in [-0.39, 0.29) is 0 Å². The molecule has 0 heterocycles. The smallest absolute Gasteiger partial charge is 0.0253 e. The molecule has 0 aliphatic heterocycles. The minimum Gasteiger partial charge on any atom is -0.330 e. The third-order valence-corrected chi connectivity index (χ3v) is 5.63. The van der Waals surface area contributed by atoms with Crippen LogP contribution in [0.15, 0.2) is 29.3 Å². The molecule has 0 unspecified atom stereocenters. The average molecular weight is 306 g/mol. The van der Waals surface area contributed by atoms with Crippen LogP contribution in [-0.2, 0) is 6.42 Å². The SMILES string of the molecule is C=C1c2c(Br)cccc2CC12CCC(CN)CC2. The second-order valence-corrected chi connectivity index (χ2v) is 6.74. The molecule has 0 bridgehead atoms. The van der Waals surface area contributed by atoms with E-state index in [1.807, 2.05) is 0 Å². The van der Waals surface area contributed by atoms with Crippen LogP contribution in [0.4, 0.5) is 0 Å². The lowest BCUT2D eigenvalue weighted by atomic mass is 9.67. The second-order valence-electron chi connectivity index (χ2n) is 5.89. The second kappa shape index (κ2) is 4.50. The average Bonchev–Trinajstić information content (AvgIpc) is 2.65. The maximum atomic E-state index is 5.80. The number of rotatable bonds is 1. The summed E-state index contributed by atoms with van der Waals surface area (Å²) < 4.78 is 1.21. The molecule has 2 aliphatic rings. The molecule has 0 radical (unpaired) electrons. The zero-order chi connectivity index (χ0) is 12.8. The van der Waals surface area contributed by atoms with Gasteiger partial charge in [-0.05, 0) is 72.7 Å². The zero-order valence-corrected chi connectivity index (χ0v) is 12.3. The van der Waals surface area contributed by atoms with Crippen LogP contribution in [0.5, 0.6) is 0 Å². The highest BCUT2D eigenvalue weighted by Crippen LogP contribution is 2.56. The summed E-state index contributed by atoms with van der Waals surface area (Å²) in [5, 5.41) is 0.